The molecule has 96 valence electrons. The number of rotatable bonds is 2. The van der Waals surface area contributed by atoms with Crippen LogP contribution >= 0.6 is 0 Å². The number of aliphatic carboxylic acids is 1. The van der Waals surface area contributed by atoms with Crippen LogP contribution in [0, 0.1) is 0 Å². The third-order valence-electron chi connectivity index (χ3n) is 3.89. The summed E-state index contributed by atoms with van der Waals surface area (Å²) in [6, 6.07) is 0.135. The van der Waals surface area contributed by atoms with Gasteiger partial charge in [0, 0.05) is 18.3 Å². The fraction of sp³-hybridized carbons (Fsp3) is 0.769. The number of carboxylic acid groups (broad SMARTS) is 1. The lowest BCUT2D eigenvalue weighted by Crippen LogP contribution is -2.51. The van der Waals surface area contributed by atoms with Crippen LogP contribution in [0.15, 0.2) is 11.8 Å². The molecule has 2 rings (SSSR count). The molecule has 2 saturated heterocycles. The number of fused-ring (bicyclic) bond motifs is 1. The number of allylic oxidation sites excluding steroid dienone is 1. The predicted molar refractivity (Wildman–Crippen MR) is 66.5 cm³/mol. The highest BCUT2D eigenvalue weighted by Gasteiger charge is 2.44. The van der Waals surface area contributed by atoms with Crippen molar-refractivity contribution < 1.29 is 9.90 Å². The van der Waals surface area contributed by atoms with Crippen molar-refractivity contribution in [2.45, 2.75) is 58.3 Å². The summed E-state index contributed by atoms with van der Waals surface area (Å²) < 4.78 is 0. The number of carbonyl (C=O) groups is 1. The maximum absolute atomic E-state index is 11.3. The smallest absolute Gasteiger partial charge is 0.320 e. The number of carboxylic acids is 1. The lowest BCUT2D eigenvalue weighted by Gasteiger charge is -2.40. The van der Waals surface area contributed by atoms with E-state index in [9.17, 15) is 9.90 Å². The van der Waals surface area contributed by atoms with Crippen molar-refractivity contribution in [3.8, 4) is 0 Å². The molecule has 2 aliphatic rings. The van der Waals surface area contributed by atoms with Crippen molar-refractivity contribution in [2.75, 3.05) is 6.54 Å². The van der Waals surface area contributed by atoms with Gasteiger partial charge in [-0.25, -0.2) is 0 Å². The Hall–Kier alpha value is -1.03. The first-order valence-electron chi connectivity index (χ1n) is 6.48. The molecule has 0 aromatic rings. The average molecular weight is 238 g/mol. The fourth-order valence-electron chi connectivity index (χ4n) is 3.19. The van der Waals surface area contributed by atoms with E-state index in [1.807, 2.05) is 6.92 Å². The van der Waals surface area contributed by atoms with Crippen LogP contribution in [0.2, 0.25) is 0 Å². The van der Waals surface area contributed by atoms with Crippen LogP contribution in [0.1, 0.15) is 40.0 Å². The highest BCUT2D eigenvalue weighted by molar-refractivity contribution is 5.73. The molecule has 0 bridgehead atoms. The molecule has 2 fully saturated rings. The largest absolute Gasteiger partial charge is 0.480 e. The van der Waals surface area contributed by atoms with Gasteiger partial charge in [0.1, 0.15) is 6.04 Å². The molecule has 4 heteroatoms. The van der Waals surface area contributed by atoms with E-state index >= 15 is 0 Å². The third-order valence-corrected chi connectivity index (χ3v) is 3.89. The normalized spacial score (nSPS) is 32.2. The van der Waals surface area contributed by atoms with E-state index in [0.29, 0.717) is 6.04 Å². The van der Waals surface area contributed by atoms with Gasteiger partial charge in [-0.1, -0.05) is 6.08 Å². The summed E-state index contributed by atoms with van der Waals surface area (Å²) in [7, 11) is 0. The summed E-state index contributed by atoms with van der Waals surface area (Å²) in [5.41, 5.74) is 1.28. The Morgan fingerprint density at radius 1 is 1.47 bits per heavy atom. The second-order valence-corrected chi connectivity index (χ2v) is 5.22. The minimum absolute atomic E-state index is 0.288. The van der Waals surface area contributed by atoms with E-state index in [-0.39, 0.29) is 12.2 Å². The number of piperidine rings is 1. The molecule has 0 spiro atoms. The van der Waals surface area contributed by atoms with Gasteiger partial charge in [0.15, 0.2) is 0 Å². The predicted octanol–water partition coefficient (Wildman–Crippen LogP) is 1.88. The van der Waals surface area contributed by atoms with Crippen molar-refractivity contribution >= 4 is 5.97 Å². The Bertz CT molecular complexity index is 338. The Morgan fingerprint density at radius 3 is 2.71 bits per heavy atom. The quantitative estimate of drug-likeness (QED) is 0.797. The Morgan fingerprint density at radius 2 is 2.18 bits per heavy atom. The van der Waals surface area contributed by atoms with Gasteiger partial charge < -0.3 is 10.0 Å². The van der Waals surface area contributed by atoms with Crippen LogP contribution in [0.5, 0.6) is 0 Å². The van der Waals surface area contributed by atoms with Crippen LogP contribution in [0.3, 0.4) is 0 Å². The summed E-state index contributed by atoms with van der Waals surface area (Å²) >= 11 is 0. The Labute approximate surface area is 103 Å². The van der Waals surface area contributed by atoms with E-state index in [2.05, 4.69) is 29.7 Å². The molecule has 0 radical (unpaired) electrons. The molecule has 0 saturated carbocycles. The molecule has 0 aromatic heterocycles. The molecule has 1 N–H and O–H groups in total. The average Bonchev–Trinajstić information content (AvgIpc) is 2.66. The van der Waals surface area contributed by atoms with Crippen LogP contribution in [-0.4, -0.2) is 45.7 Å². The van der Waals surface area contributed by atoms with Gasteiger partial charge in [-0.2, -0.15) is 0 Å². The zero-order valence-corrected chi connectivity index (χ0v) is 10.9. The van der Waals surface area contributed by atoms with Crippen molar-refractivity contribution in [3.63, 3.8) is 0 Å². The first-order valence-corrected chi connectivity index (χ1v) is 6.48. The summed E-state index contributed by atoms with van der Waals surface area (Å²) in [5.74, 6) is -0.671. The Kier molecular flexibility index (Phi) is 3.43. The third kappa shape index (κ3) is 2.06. The molecular formula is C13H22N2O2. The topological polar surface area (TPSA) is 43.8 Å². The highest BCUT2D eigenvalue weighted by Crippen LogP contribution is 2.35. The molecule has 0 aliphatic carbocycles. The van der Waals surface area contributed by atoms with Gasteiger partial charge in [-0.05, 0) is 40.0 Å². The van der Waals surface area contributed by atoms with E-state index in [1.165, 1.54) is 5.70 Å². The van der Waals surface area contributed by atoms with E-state index in [1.54, 1.807) is 0 Å². The van der Waals surface area contributed by atoms with Crippen LogP contribution in [0.4, 0.5) is 0 Å². The first-order chi connectivity index (χ1) is 8.06. The molecule has 2 atom stereocenters. The molecule has 2 heterocycles. The number of nitrogens with zero attached hydrogens (tertiary/aromatic N) is 2. The van der Waals surface area contributed by atoms with Gasteiger partial charge in [-0.15, -0.1) is 0 Å². The number of hydrogen-bond donors (Lipinski definition) is 1. The standard InChI is InChI=1S/C13H22N2O2/c1-4-10-8-14-11(13(16)17)6-5-7-12(14)15(10)9(2)3/h4,9,11-12H,5-8H2,1-3H3,(H,16,17)/b10-4+. The lowest BCUT2D eigenvalue weighted by atomic mass is 10.00. The van der Waals surface area contributed by atoms with Crippen LogP contribution < -0.4 is 0 Å². The van der Waals surface area contributed by atoms with Gasteiger partial charge in [0.2, 0.25) is 0 Å². The maximum atomic E-state index is 11.3. The van der Waals surface area contributed by atoms with Gasteiger partial charge >= 0.3 is 5.97 Å². The second kappa shape index (κ2) is 4.69. The molecule has 0 aromatic carbocycles. The van der Waals surface area contributed by atoms with Crippen LogP contribution in [-0.2, 0) is 4.79 Å². The molecule has 2 aliphatic heterocycles. The van der Waals surface area contributed by atoms with Crippen molar-refractivity contribution in [1.82, 2.24) is 9.80 Å². The van der Waals surface area contributed by atoms with E-state index in [4.69, 9.17) is 0 Å². The molecule has 4 nitrogen and oxygen atoms in total. The van der Waals surface area contributed by atoms with Crippen LogP contribution in [0.25, 0.3) is 0 Å². The van der Waals surface area contributed by atoms with Crippen molar-refractivity contribution in [3.05, 3.63) is 11.8 Å². The van der Waals surface area contributed by atoms with Crippen molar-refractivity contribution in [2.24, 2.45) is 0 Å². The number of hydrogen-bond acceptors (Lipinski definition) is 3. The summed E-state index contributed by atoms with van der Waals surface area (Å²) in [4.78, 5) is 15.8. The van der Waals surface area contributed by atoms with Crippen molar-refractivity contribution in [1.29, 1.82) is 0 Å². The van der Waals surface area contributed by atoms with E-state index < -0.39 is 5.97 Å². The van der Waals surface area contributed by atoms with Gasteiger partial charge in [-0.3, -0.25) is 9.69 Å². The van der Waals surface area contributed by atoms with E-state index in [0.717, 1.165) is 25.8 Å². The summed E-state index contributed by atoms with van der Waals surface area (Å²) in [6.07, 6.45) is 5.29. The van der Waals surface area contributed by atoms with Gasteiger partial charge in [0.05, 0.1) is 6.17 Å². The first kappa shape index (κ1) is 12.4. The SMILES string of the molecule is C/C=C1\CN2C(C(=O)O)CCCC2N1C(C)C. The molecular weight excluding hydrogens is 216 g/mol. The molecule has 2 unspecified atom stereocenters. The monoisotopic (exact) mass is 238 g/mol. The second-order valence-electron chi connectivity index (χ2n) is 5.22. The fourth-order valence-corrected chi connectivity index (χ4v) is 3.19. The molecule has 0 amide bonds. The zero-order valence-electron chi connectivity index (χ0n) is 10.9. The Balaban J connectivity index is 2.26. The zero-order chi connectivity index (χ0) is 12.6. The maximum Gasteiger partial charge on any atom is 0.320 e. The molecule has 17 heavy (non-hydrogen) atoms. The minimum Gasteiger partial charge on any atom is -0.480 e. The highest BCUT2D eigenvalue weighted by atomic mass is 16.4. The minimum atomic E-state index is -0.671. The van der Waals surface area contributed by atoms with Gasteiger partial charge in [0.25, 0.3) is 0 Å². The summed E-state index contributed by atoms with van der Waals surface area (Å²) in [6.45, 7) is 7.18. The lowest BCUT2D eigenvalue weighted by molar-refractivity contribution is -0.146. The summed E-state index contributed by atoms with van der Waals surface area (Å²) in [5, 5.41) is 9.29.